The summed E-state index contributed by atoms with van der Waals surface area (Å²) in [6, 6.07) is 54.9. The molecule has 226 valence electrons. The molecule has 0 saturated carbocycles. The van der Waals surface area contributed by atoms with Gasteiger partial charge >= 0.3 is 0 Å². The molecule has 0 radical (unpaired) electrons. The van der Waals surface area contributed by atoms with Gasteiger partial charge in [0.25, 0.3) is 0 Å². The monoisotopic (exact) mass is 622 g/mol. The molecule has 4 heteroatoms. The molecule has 7 aromatic carbocycles. The lowest BCUT2D eigenvalue weighted by Crippen LogP contribution is -2.10. The second-order valence-electron chi connectivity index (χ2n) is 13.2. The van der Waals surface area contributed by atoms with Crippen molar-refractivity contribution in [1.29, 1.82) is 0 Å². The third kappa shape index (κ3) is 3.07. The minimum atomic E-state index is 0.992. The summed E-state index contributed by atoms with van der Waals surface area (Å²) in [6.07, 6.45) is 2.11. The first-order valence-corrected chi connectivity index (χ1v) is 16.8. The summed E-state index contributed by atoms with van der Waals surface area (Å²) >= 11 is 0. The molecule has 12 rings (SSSR count). The van der Waals surface area contributed by atoms with Gasteiger partial charge in [0.15, 0.2) is 0 Å². The van der Waals surface area contributed by atoms with E-state index in [1.54, 1.807) is 0 Å². The van der Waals surface area contributed by atoms with Crippen LogP contribution >= 0.6 is 0 Å². The van der Waals surface area contributed by atoms with Gasteiger partial charge < -0.3 is 9.30 Å². The van der Waals surface area contributed by atoms with E-state index in [1.165, 1.54) is 70.4 Å². The maximum atomic E-state index is 5.38. The summed E-state index contributed by atoms with van der Waals surface area (Å²) in [4.78, 5) is 7.76. The fraction of sp³-hybridized carbons (Fsp3) is 0. The Labute approximate surface area is 279 Å². The normalized spacial score (nSPS) is 12.5. The van der Waals surface area contributed by atoms with E-state index >= 15 is 0 Å². The van der Waals surface area contributed by atoms with Crippen molar-refractivity contribution in [3.05, 3.63) is 158 Å². The predicted octanol–water partition coefficient (Wildman–Crippen LogP) is 12.0. The lowest BCUT2D eigenvalue weighted by Gasteiger charge is -2.26. The standard InChI is InChI=1S/C45H26N4/c1-3-13-28(14-4-1)47(29-15-5-2-6-16-29)37-23-11-19-32-31-18-9-22-35-41-40-34-21-10-20-33-39-30-17-8-7-12-27(30)24-25-36(39)48(43(33)34)38(40)26-46-45(41)49(42(31)35)44(32)37/h1-26H. The number of pyridine rings is 1. The topological polar surface area (TPSA) is 24.9 Å². The van der Waals surface area contributed by atoms with Crippen molar-refractivity contribution in [2.75, 3.05) is 4.90 Å². The SMILES string of the molecule is c1ccc(N(c2ccccc2)c2cccc3c4cccc5c6c7c8cccc9c%10c%11ccccc%11ccc%10n(c7cnc6n(c23)c45)c98)cc1. The molecule has 0 bridgehead atoms. The minimum Gasteiger partial charge on any atom is -0.308 e. The van der Waals surface area contributed by atoms with Gasteiger partial charge in [-0.15, -0.1) is 0 Å². The van der Waals surface area contributed by atoms with Gasteiger partial charge in [-0.05, 0) is 47.2 Å². The molecule has 0 N–H and O–H groups in total. The predicted molar refractivity (Wildman–Crippen MR) is 206 cm³/mol. The summed E-state index contributed by atoms with van der Waals surface area (Å²) < 4.78 is 4.89. The number of benzene rings is 7. The smallest absolute Gasteiger partial charge is 0.146 e. The number of rotatable bonds is 3. The summed E-state index contributed by atoms with van der Waals surface area (Å²) in [7, 11) is 0. The van der Waals surface area contributed by atoms with E-state index < -0.39 is 0 Å². The van der Waals surface area contributed by atoms with E-state index in [1.807, 2.05) is 0 Å². The summed E-state index contributed by atoms with van der Waals surface area (Å²) in [5, 5.41) is 12.6. The first-order valence-electron chi connectivity index (χ1n) is 16.8. The van der Waals surface area contributed by atoms with Crippen LogP contribution in [0.5, 0.6) is 0 Å². The number of nitrogens with zero attached hydrogens (tertiary/aromatic N) is 4. The number of aromatic nitrogens is 3. The quantitative estimate of drug-likeness (QED) is 0.196. The second-order valence-corrected chi connectivity index (χ2v) is 13.2. The molecule has 0 aliphatic carbocycles. The van der Waals surface area contributed by atoms with E-state index in [2.05, 4.69) is 172 Å². The molecule has 0 amide bonds. The number of fused-ring (bicyclic) bond motifs is 15. The zero-order chi connectivity index (χ0) is 31.8. The molecule has 0 aliphatic heterocycles. The van der Waals surface area contributed by atoms with Crippen LogP contribution in [0, 0.1) is 0 Å². The molecule has 0 spiro atoms. The van der Waals surface area contributed by atoms with Crippen LogP contribution in [0.1, 0.15) is 0 Å². The average molecular weight is 623 g/mol. The van der Waals surface area contributed by atoms with Crippen molar-refractivity contribution < 1.29 is 0 Å². The molecule has 5 heterocycles. The molecule has 0 saturated heterocycles. The minimum absolute atomic E-state index is 0.992. The lowest BCUT2D eigenvalue weighted by molar-refractivity contribution is 1.24. The molecule has 0 aliphatic rings. The van der Waals surface area contributed by atoms with E-state index in [4.69, 9.17) is 4.98 Å². The molecule has 12 aromatic rings. The van der Waals surface area contributed by atoms with E-state index in [0.717, 1.165) is 33.7 Å². The van der Waals surface area contributed by atoms with E-state index in [-0.39, 0.29) is 0 Å². The van der Waals surface area contributed by atoms with Gasteiger partial charge in [0.1, 0.15) is 5.65 Å². The Morgan fingerprint density at radius 2 is 0.959 bits per heavy atom. The fourth-order valence-electron chi connectivity index (χ4n) is 8.92. The van der Waals surface area contributed by atoms with Crippen molar-refractivity contribution in [3.63, 3.8) is 0 Å². The average Bonchev–Trinajstić information content (AvgIpc) is 3.89. The molecule has 4 nitrogen and oxygen atoms in total. The molecular weight excluding hydrogens is 597 g/mol. The Kier molecular flexibility index (Phi) is 4.69. The van der Waals surface area contributed by atoms with Crippen LogP contribution in [0.15, 0.2) is 158 Å². The first-order chi connectivity index (χ1) is 24.4. The van der Waals surface area contributed by atoms with Gasteiger partial charge in [-0.25, -0.2) is 4.98 Å². The Morgan fingerprint density at radius 1 is 0.388 bits per heavy atom. The van der Waals surface area contributed by atoms with Crippen LogP contribution in [0.3, 0.4) is 0 Å². The second kappa shape index (κ2) is 9.03. The molecule has 5 aromatic heterocycles. The summed E-state index contributed by atoms with van der Waals surface area (Å²) in [6.45, 7) is 0. The zero-order valence-electron chi connectivity index (χ0n) is 26.3. The number of hydrogen-bond acceptors (Lipinski definition) is 2. The number of anilines is 3. The highest BCUT2D eigenvalue weighted by molar-refractivity contribution is 6.36. The molecule has 0 unspecified atom stereocenters. The van der Waals surface area contributed by atoms with Crippen LogP contribution in [0.2, 0.25) is 0 Å². The van der Waals surface area contributed by atoms with Gasteiger partial charge in [-0.1, -0.05) is 115 Å². The highest BCUT2D eigenvalue weighted by Gasteiger charge is 2.27. The van der Waals surface area contributed by atoms with Crippen LogP contribution in [-0.2, 0) is 0 Å². The molecular formula is C45H26N4. The maximum Gasteiger partial charge on any atom is 0.146 e. The Bertz CT molecular complexity index is 3220. The largest absolute Gasteiger partial charge is 0.308 e. The van der Waals surface area contributed by atoms with Crippen LogP contribution in [-0.4, -0.2) is 13.8 Å². The lowest BCUT2D eigenvalue weighted by atomic mass is 10.0. The summed E-state index contributed by atoms with van der Waals surface area (Å²) in [5.41, 5.74) is 10.4. The van der Waals surface area contributed by atoms with Gasteiger partial charge in [0, 0.05) is 54.5 Å². The Hall–Kier alpha value is -6.65. The first kappa shape index (κ1) is 25.4. The van der Waals surface area contributed by atoms with Gasteiger partial charge in [0.2, 0.25) is 0 Å². The van der Waals surface area contributed by atoms with Crippen LogP contribution in [0.25, 0.3) is 87.1 Å². The van der Waals surface area contributed by atoms with Crippen molar-refractivity contribution in [2.24, 2.45) is 0 Å². The number of para-hydroxylation sites is 5. The van der Waals surface area contributed by atoms with Crippen LogP contribution < -0.4 is 4.90 Å². The number of hydrogen-bond donors (Lipinski definition) is 0. The van der Waals surface area contributed by atoms with Crippen molar-refractivity contribution >= 4 is 104 Å². The van der Waals surface area contributed by atoms with Crippen LogP contribution in [0.4, 0.5) is 17.1 Å². The third-order valence-corrected chi connectivity index (χ3v) is 10.8. The maximum absolute atomic E-state index is 5.38. The Morgan fingerprint density at radius 3 is 1.71 bits per heavy atom. The Balaban J connectivity index is 1.27. The van der Waals surface area contributed by atoms with Gasteiger partial charge in [-0.3, -0.25) is 4.40 Å². The molecule has 0 fully saturated rings. The van der Waals surface area contributed by atoms with Crippen molar-refractivity contribution in [2.45, 2.75) is 0 Å². The highest BCUT2D eigenvalue weighted by atomic mass is 15.2. The van der Waals surface area contributed by atoms with Gasteiger partial charge in [-0.2, -0.15) is 0 Å². The highest BCUT2D eigenvalue weighted by Crippen LogP contribution is 2.49. The third-order valence-electron chi connectivity index (χ3n) is 10.8. The van der Waals surface area contributed by atoms with Crippen molar-refractivity contribution in [3.8, 4) is 0 Å². The van der Waals surface area contributed by atoms with Crippen molar-refractivity contribution in [1.82, 2.24) is 13.8 Å². The van der Waals surface area contributed by atoms with E-state index in [9.17, 15) is 0 Å². The zero-order valence-corrected chi connectivity index (χ0v) is 26.3. The van der Waals surface area contributed by atoms with Gasteiger partial charge in [0.05, 0.1) is 39.5 Å². The summed E-state index contributed by atoms with van der Waals surface area (Å²) in [5.74, 6) is 0. The van der Waals surface area contributed by atoms with E-state index in [0.29, 0.717) is 0 Å². The molecule has 0 atom stereocenters. The molecule has 49 heavy (non-hydrogen) atoms. The fourth-order valence-corrected chi connectivity index (χ4v) is 8.92.